The number of ether oxygens (including phenoxy) is 2. The van der Waals surface area contributed by atoms with Gasteiger partial charge >= 0.3 is 0 Å². The molecule has 4 aromatic carbocycles. The van der Waals surface area contributed by atoms with E-state index in [9.17, 15) is 9.90 Å². The van der Waals surface area contributed by atoms with E-state index in [0.29, 0.717) is 62.9 Å². The summed E-state index contributed by atoms with van der Waals surface area (Å²) in [6.45, 7) is 2.47. The molecule has 0 aliphatic carbocycles. The number of rotatable bonds is 16. The van der Waals surface area contributed by atoms with E-state index in [4.69, 9.17) is 9.47 Å². The molecule has 5 aromatic rings. The van der Waals surface area contributed by atoms with Crippen molar-refractivity contribution in [3.8, 4) is 16.9 Å². The van der Waals surface area contributed by atoms with Crippen LogP contribution in [0.1, 0.15) is 10.4 Å². The van der Waals surface area contributed by atoms with E-state index in [1.807, 2.05) is 84.9 Å². The maximum absolute atomic E-state index is 12.4. The Hall–Kier alpha value is -5.52. The summed E-state index contributed by atoms with van der Waals surface area (Å²) in [6.07, 6.45) is 0. The predicted octanol–water partition coefficient (Wildman–Crippen LogP) is 5.61. The largest absolute Gasteiger partial charge is 0.508 e. The first-order chi connectivity index (χ1) is 22.1. The third kappa shape index (κ3) is 10.0. The van der Waals surface area contributed by atoms with Gasteiger partial charge in [-0.15, -0.1) is 0 Å². The maximum atomic E-state index is 12.4. The average Bonchev–Trinajstić information content (AvgIpc) is 3.07. The van der Waals surface area contributed by atoms with Gasteiger partial charge in [0.1, 0.15) is 5.75 Å². The number of nitrogens with one attached hydrogen (secondary N) is 4. The Bertz CT molecular complexity index is 1620. The molecule has 0 saturated heterocycles. The second-order valence-corrected chi connectivity index (χ2v) is 9.82. The summed E-state index contributed by atoms with van der Waals surface area (Å²) in [4.78, 5) is 25.8. The fraction of sp³-hybridized carbons (Fsp3) is 0.176. The quantitative estimate of drug-likeness (QED) is 0.0712. The third-order valence-corrected chi connectivity index (χ3v) is 6.48. The summed E-state index contributed by atoms with van der Waals surface area (Å²) in [7, 11) is 0. The summed E-state index contributed by atoms with van der Waals surface area (Å²) in [5.41, 5.74) is 4.34. The van der Waals surface area contributed by atoms with Crippen molar-refractivity contribution in [2.45, 2.75) is 0 Å². The molecule has 11 nitrogen and oxygen atoms in total. The Morgan fingerprint density at radius 3 is 1.76 bits per heavy atom. The highest BCUT2D eigenvalue weighted by atomic mass is 16.5. The van der Waals surface area contributed by atoms with Crippen molar-refractivity contribution in [2.24, 2.45) is 0 Å². The van der Waals surface area contributed by atoms with Gasteiger partial charge in [0.15, 0.2) is 0 Å². The van der Waals surface area contributed by atoms with Crippen LogP contribution in [-0.2, 0) is 9.47 Å². The van der Waals surface area contributed by atoms with Gasteiger partial charge in [0, 0.05) is 30.0 Å². The van der Waals surface area contributed by atoms with Crippen molar-refractivity contribution in [2.75, 3.05) is 55.5 Å². The molecule has 0 bridgehead atoms. The number of aromatic nitrogens is 3. The Balaban J connectivity index is 0.994. The monoisotopic (exact) mass is 605 g/mol. The van der Waals surface area contributed by atoms with Crippen LogP contribution in [-0.4, -0.2) is 65.5 Å². The lowest BCUT2D eigenvalue weighted by Crippen LogP contribution is -2.27. The van der Waals surface area contributed by atoms with Gasteiger partial charge in [-0.05, 0) is 59.7 Å². The van der Waals surface area contributed by atoms with E-state index < -0.39 is 0 Å². The molecule has 5 rings (SSSR count). The fourth-order valence-corrected chi connectivity index (χ4v) is 4.23. The zero-order valence-corrected chi connectivity index (χ0v) is 24.6. The molecule has 0 atom stereocenters. The van der Waals surface area contributed by atoms with Crippen LogP contribution in [0.2, 0.25) is 0 Å². The second kappa shape index (κ2) is 16.4. The van der Waals surface area contributed by atoms with Gasteiger partial charge in [-0.1, -0.05) is 60.7 Å². The molecule has 11 heteroatoms. The molecule has 0 unspecified atom stereocenters. The minimum Gasteiger partial charge on any atom is -0.508 e. The molecule has 1 aromatic heterocycles. The number of hydrogen-bond acceptors (Lipinski definition) is 10. The van der Waals surface area contributed by atoms with Gasteiger partial charge in [-0.25, -0.2) is 0 Å². The van der Waals surface area contributed by atoms with Crippen LogP contribution in [0.4, 0.5) is 29.2 Å². The van der Waals surface area contributed by atoms with Crippen molar-refractivity contribution in [1.29, 1.82) is 0 Å². The lowest BCUT2D eigenvalue weighted by Gasteiger charge is -2.12. The standard InChI is InChI=1S/C34H35N7O4/c42-30-17-15-29(16-18-30)38-34-40-32(39-33(41-34)37-28-9-5-2-6-10-28)36-20-22-45-24-23-44-21-19-35-31(43)27-13-11-26(12-14-27)25-7-3-1-4-8-25/h1-18,42H,19-24H2,(H,35,43)(H3,36,37,38,39,40,41). The van der Waals surface area contributed by atoms with Crippen LogP contribution in [0.25, 0.3) is 11.1 Å². The molecule has 0 radical (unpaired) electrons. The number of carbonyl (C=O) groups excluding carboxylic acids is 1. The van der Waals surface area contributed by atoms with Crippen LogP contribution in [0.3, 0.4) is 0 Å². The van der Waals surface area contributed by atoms with E-state index in [1.165, 1.54) is 0 Å². The van der Waals surface area contributed by atoms with Crippen LogP contribution < -0.4 is 21.3 Å². The van der Waals surface area contributed by atoms with Crippen molar-refractivity contribution >= 4 is 35.1 Å². The zero-order chi connectivity index (χ0) is 31.1. The summed E-state index contributed by atoms with van der Waals surface area (Å²) < 4.78 is 11.3. The molecular weight excluding hydrogens is 570 g/mol. The van der Waals surface area contributed by atoms with Crippen LogP contribution in [0.5, 0.6) is 5.75 Å². The van der Waals surface area contributed by atoms with E-state index >= 15 is 0 Å². The highest BCUT2D eigenvalue weighted by Gasteiger charge is 2.09. The molecule has 0 saturated carbocycles. The molecule has 1 heterocycles. The number of aromatic hydroxyl groups is 1. The SMILES string of the molecule is O=C(NCCOCCOCCNc1nc(Nc2ccccc2)nc(Nc2ccc(O)cc2)n1)c1ccc(-c2ccccc2)cc1. The normalized spacial score (nSPS) is 10.7. The topological polar surface area (TPSA) is 143 Å². The zero-order valence-electron chi connectivity index (χ0n) is 24.6. The number of carbonyl (C=O) groups is 1. The number of hydrogen-bond donors (Lipinski definition) is 5. The third-order valence-electron chi connectivity index (χ3n) is 6.48. The Kier molecular flexibility index (Phi) is 11.2. The second-order valence-electron chi connectivity index (χ2n) is 9.82. The molecule has 0 fully saturated rings. The lowest BCUT2D eigenvalue weighted by molar-refractivity contribution is 0.0519. The van der Waals surface area contributed by atoms with Gasteiger partial charge in [0.05, 0.1) is 26.4 Å². The van der Waals surface area contributed by atoms with Crippen molar-refractivity contribution in [3.63, 3.8) is 0 Å². The van der Waals surface area contributed by atoms with Crippen molar-refractivity contribution < 1.29 is 19.4 Å². The number of nitrogens with zero attached hydrogens (tertiary/aromatic N) is 3. The summed E-state index contributed by atoms with van der Waals surface area (Å²) in [5.74, 6) is 1.11. The van der Waals surface area contributed by atoms with E-state index in [1.54, 1.807) is 24.3 Å². The van der Waals surface area contributed by atoms with E-state index in [2.05, 4.69) is 36.2 Å². The number of benzene rings is 4. The van der Waals surface area contributed by atoms with Crippen molar-refractivity contribution in [3.05, 3.63) is 115 Å². The summed E-state index contributed by atoms with van der Waals surface area (Å²) in [5, 5.41) is 21.9. The molecule has 5 N–H and O–H groups in total. The summed E-state index contributed by atoms with van der Waals surface area (Å²) >= 11 is 0. The molecule has 0 aliphatic rings. The molecule has 230 valence electrons. The van der Waals surface area contributed by atoms with Gasteiger partial charge in [-0.3, -0.25) is 4.79 Å². The first-order valence-electron chi connectivity index (χ1n) is 14.6. The molecule has 1 amide bonds. The molecule has 45 heavy (non-hydrogen) atoms. The average molecular weight is 606 g/mol. The molecule has 0 aliphatic heterocycles. The Morgan fingerprint density at radius 1 is 0.578 bits per heavy atom. The maximum Gasteiger partial charge on any atom is 0.251 e. The molecular formula is C34H35N7O4. The number of phenols is 1. The van der Waals surface area contributed by atoms with Gasteiger partial charge in [-0.2, -0.15) is 15.0 Å². The lowest BCUT2D eigenvalue weighted by atomic mass is 10.0. The van der Waals surface area contributed by atoms with Crippen LogP contribution >= 0.6 is 0 Å². The van der Waals surface area contributed by atoms with Gasteiger partial charge in [0.25, 0.3) is 5.91 Å². The fourth-order valence-electron chi connectivity index (χ4n) is 4.23. The van der Waals surface area contributed by atoms with Gasteiger partial charge < -0.3 is 35.8 Å². The number of amides is 1. The van der Waals surface area contributed by atoms with E-state index in [-0.39, 0.29) is 11.7 Å². The highest BCUT2D eigenvalue weighted by molar-refractivity contribution is 5.94. The number of anilines is 5. The number of para-hydroxylation sites is 1. The first-order valence-corrected chi connectivity index (χ1v) is 14.6. The van der Waals surface area contributed by atoms with Crippen LogP contribution in [0.15, 0.2) is 109 Å². The Labute approximate surface area is 261 Å². The minimum absolute atomic E-state index is 0.137. The highest BCUT2D eigenvalue weighted by Crippen LogP contribution is 2.21. The predicted molar refractivity (Wildman–Crippen MR) is 175 cm³/mol. The van der Waals surface area contributed by atoms with E-state index in [0.717, 1.165) is 22.5 Å². The molecule has 0 spiro atoms. The Morgan fingerprint density at radius 2 is 1.11 bits per heavy atom. The smallest absolute Gasteiger partial charge is 0.251 e. The first kappa shape index (κ1) is 30.9. The minimum atomic E-state index is -0.137. The number of phenolic OH excluding ortho intramolecular Hbond substituents is 1. The van der Waals surface area contributed by atoms with Crippen LogP contribution in [0, 0.1) is 0 Å². The van der Waals surface area contributed by atoms with Crippen molar-refractivity contribution in [1.82, 2.24) is 20.3 Å². The van der Waals surface area contributed by atoms with Gasteiger partial charge in [0.2, 0.25) is 17.8 Å². The summed E-state index contributed by atoms with van der Waals surface area (Å²) in [6, 6.07) is 33.8.